The molecule has 8 atom stereocenters. The lowest BCUT2D eigenvalue weighted by Gasteiger charge is -2.27. The summed E-state index contributed by atoms with van der Waals surface area (Å²) in [5.74, 6) is -2.62. The number of rotatable bonds is 28. The Morgan fingerprint density at radius 1 is 0.690 bits per heavy atom. The molecule has 0 saturated carbocycles. The van der Waals surface area contributed by atoms with E-state index in [1.54, 1.807) is 36.4 Å². The number of aliphatic hydroxyl groups excluding tert-OH is 10. The lowest BCUT2D eigenvalue weighted by Crippen LogP contribution is -2.49. The molecule has 22 heteroatoms. The van der Waals surface area contributed by atoms with Gasteiger partial charge in [0.2, 0.25) is 5.69 Å². The van der Waals surface area contributed by atoms with Gasteiger partial charge >= 0.3 is 5.97 Å². The van der Waals surface area contributed by atoms with Crippen LogP contribution < -0.4 is 15.5 Å². The van der Waals surface area contributed by atoms with Crippen LogP contribution in [0.3, 0.4) is 0 Å². The highest BCUT2D eigenvalue weighted by atomic mass is 32.2. The van der Waals surface area contributed by atoms with E-state index in [-0.39, 0.29) is 24.0 Å². The van der Waals surface area contributed by atoms with Gasteiger partial charge in [-0.3, -0.25) is 14.4 Å². The number of amides is 2. The van der Waals surface area contributed by atoms with Crippen LogP contribution >= 0.6 is 0 Å². The summed E-state index contributed by atoms with van der Waals surface area (Å²) >= 11 is 0. The fourth-order valence-electron chi connectivity index (χ4n) is 8.71. The minimum Gasteiger partial charge on any atom is -0.748 e. The number of fused-ring (bicyclic) bond motifs is 2. The van der Waals surface area contributed by atoms with Crippen molar-refractivity contribution in [1.82, 2.24) is 10.6 Å². The Balaban J connectivity index is 1.61. The number of anilines is 1. The molecule has 0 fully saturated rings. The van der Waals surface area contributed by atoms with Crippen LogP contribution in [0, 0.1) is 0 Å². The monoisotopic (exact) mass is 1020 g/mol. The second kappa shape index (κ2) is 25.6. The Kier molecular flexibility index (Phi) is 21.2. The number of hydrogen-bond acceptors (Lipinski definition) is 17. The van der Waals surface area contributed by atoms with Gasteiger partial charge in [-0.1, -0.05) is 32.1 Å². The van der Waals surface area contributed by atoms with Crippen LogP contribution in [-0.4, -0.2) is 191 Å². The summed E-state index contributed by atoms with van der Waals surface area (Å²) in [6.45, 7) is 6.02. The third kappa shape index (κ3) is 15.1. The summed E-state index contributed by atoms with van der Waals surface area (Å²) in [6, 6.07) is 10.1. The maximum absolute atomic E-state index is 13.3. The Morgan fingerprint density at radius 3 is 1.76 bits per heavy atom. The molecule has 2 aliphatic rings. The summed E-state index contributed by atoms with van der Waals surface area (Å²) in [4.78, 5) is 39.8. The number of carbonyl (C=O) groups excluding carboxylic acids is 2. The molecule has 4 rings (SSSR count). The molecule has 2 heterocycles. The van der Waals surface area contributed by atoms with Crippen molar-refractivity contribution >= 4 is 45.0 Å². The highest BCUT2D eigenvalue weighted by Crippen LogP contribution is 2.48. The molecule has 21 nitrogen and oxygen atoms in total. The number of aliphatic hydroxyl groups is 10. The predicted molar refractivity (Wildman–Crippen MR) is 259 cm³/mol. The fourth-order valence-corrected chi connectivity index (χ4v) is 9.27. The smallest absolute Gasteiger partial charge is 0.303 e. The third-order valence-corrected chi connectivity index (χ3v) is 13.7. The number of carboxylic acid groups (broad SMARTS) is 1. The first-order valence-corrected chi connectivity index (χ1v) is 25.0. The number of carboxylic acids is 1. The van der Waals surface area contributed by atoms with Crippen LogP contribution in [0.15, 0.2) is 72.5 Å². The number of nitrogens with one attached hydrogen (secondary N) is 2. The Bertz CT molecular complexity index is 2420. The number of carbonyl (C=O) groups is 3. The van der Waals surface area contributed by atoms with Gasteiger partial charge in [-0.2, -0.15) is 4.58 Å². The van der Waals surface area contributed by atoms with E-state index in [1.165, 1.54) is 0 Å². The van der Waals surface area contributed by atoms with E-state index < -0.39 is 120 Å². The average Bonchev–Trinajstić information content (AvgIpc) is 3.67. The lowest BCUT2D eigenvalue weighted by atomic mass is 9.80. The van der Waals surface area contributed by atoms with Crippen LogP contribution in [0.4, 0.5) is 11.4 Å². The zero-order valence-corrected chi connectivity index (χ0v) is 41.2. The Hall–Kier alpha value is -4.95. The van der Waals surface area contributed by atoms with Crippen molar-refractivity contribution < 1.29 is 88.1 Å². The SMILES string of the molecule is CC1(C)C(=CC=CC=CC2=[N+](CCCCCC(=O)O)c3ccc(C(=O)NCC(O)C(O)C(O)C(O)CO)cc3C2(C)C)N(CCCCS(=O)(=O)[O-])c2ccc(C(=O)NCC(O)C(O)C(O)C(O)CO)cc21. The first kappa shape index (κ1) is 58.6. The summed E-state index contributed by atoms with van der Waals surface area (Å²) in [7, 11) is -4.45. The standard InChI is InChI=1S/C49H70N4O17S/c1-48(2)31-23-29(46(66)50-25-35(56)42(62)44(64)37(58)27-54)16-18-33(31)52(20-10-6-9-15-41(60)61)39(48)13-7-5-8-14-40-49(3,4)32-24-30(17-19-34(32)53(40)21-11-12-22-71(68,69)70)47(67)51-26-36(57)43(63)45(65)38(59)28-55/h5,7-8,13-14,16-19,23-24,35-38,42-45,54-59,62-65H,6,9-12,15,20-22,25-28H2,1-4H3,(H3-,50,51,60,61,66,67,68,69,70). The molecule has 71 heavy (non-hydrogen) atoms. The molecular formula is C49H70N4O17S. The van der Waals surface area contributed by atoms with E-state index in [1.807, 2.05) is 63.0 Å². The van der Waals surface area contributed by atoms with Crippen LogP contribution in [0.5, 0.6) is 0 Å². The summed E-state index contributed by atoms with van der Waals surface area (Å²) in [5.41, 5.74) is 3.75. The highest BCUT2D eigenvalue weighted by Gasteiger charge is 2.45. The first-order valence-electron chi connectivity index (χ1n) is 23.4. The van der Waals surface area contributed by atoms with Gasteiger partial charge in [0, 0.05) is 83.9 Å². The molecule has 0 aliphatic carbocycles. The molecular weight excluding hydrogens is 949 g/mol. The van der Waals surface area contributed by atoms with Gasteiger partial charge < -0.3 is 76.3 Å². The van der Waals surface area contributed by atoms with Gasteiger partial charge in [-0.15, -0.1) is 0 Å². The number of hydrogen-bond donors (Lipinski definition) is 13. The zero-order valence-electron chi connectivity index (χ0n) is 40.3. The largest absolute Gasteiger partial charge is 0.748 e. The Labute approximate surface area is 413 Å². The molecule has 2 aromatic rings. The molecule has 0 bridgehead atoms. The average molecular weight is 1020 g/mol. The summed E-state index contributed by atoms with van der Waals surface area (Å²) in [5, 5.41) is 113. The molecule has 2 aromatic carbocycles. The number of benzene rings is 2. The molecule has 394 valence electrons. The molecule has 0 aromatic heterocycles. The molecule has 2 aliphatic heterocycles. The van der Waals surface area contributed by atoms with Gasteiger partial charge in [-0.05, 0) is 81.5 Å². The van der Waals surface area contributed by atoms with Gasteiger partial charge in [0.05, 0.1) is 41.0 Å². The van der Waals surface area contributed by atoms with Gasteiger partial charge in [0.1, 0.15) is 43.2 Å². The van der Waals surface area contributed by atoms with Crippen molar-refractivity contribution in [3.63, 3.8) is 0 Å². The molecule has 0 saturated heterocycles. The second-order valence-electron chi connectivity index (χ2n) is 18.9. The van der Waals surface area contributed by atoms with Crippen molar-refractivity contribution in [3.05, 3.63) is 94.7 Å². The predicted octanol–water partition coefficient (Wildman–Crippen LogP) is -0.841. The maximum Gasteiger partial charge on any atom is 0.303 e. The van der Waals surface area contributed by atoms with E-state index in [0.717, 1.165) is 33.9 Å². The molecule has 0 radical (unpaired) electrons. The minimum absolute atomic E-state index is 0.0332. The van der Waals surface area contributed by atoms with E-state index in [4.69, 9.17) is 15.3 Å². The van der Waals surface area contributed by atoms with E-state index in [0.29, 0.717) is 38.8 Å². The minimum atomic E-state index is -4.45. The summed E-state index contributed by atoms with van der Waals surface area (Å²) in [6.07, 6.45) is -2.67. The Morgan fingerprint density at radius 2 is 1.23 bits per heavy atom. The topological polar surface area (TPSA) is 361 Å². The summed E-state index contributed by atoms with van der Waals surface area (Å²) < 4.78 is 36.3. The van der Waals surface area contributed by atoms with Crippen LogP contribution in [0.25, 0.3) is 0 Å². The molecule has 2 amide bonds. The van der Waals surface area contributed by atoms with Crippen molar-refractivity contribution in [1.29, 1.82) is 0 Å². The maximum atomic E-state index is 13.3. The molecule has 8 unspecified atom stereocenters. The van der Waals surface area contributed by atoms with E-state index in [2.05, 4.69) is 15.2 Å². The first-order chi connectivity index (χ1) is 33.3. The van der Waals surface area contributed by atoms with Gasteiger partial charge in [0.15, 0.2) is 5.71 Å². The van der Waals surface area contributed by atoms with Crippen molar-refractivity contribution in [2.45, 2.75) is 126 Å². The number of unbranched alkanes of at least 4 members (excludes halogenated alkanes) is 3. The van der Waals surface area contributed by atoms with E-state index in [9.17, 15) is 68.2 Å². The quantitative estimate of drug-likeness (QED) is 0.0214. The second-order valence-corrected chi connectivity index (χ2v) is 20.4. The van der Waals surface area contributed by atoms with Gasteiger partial charge in [0.25, 0.3) is 11.8 Å². The van der Waals surface area contributed by atoms with Crippen molar-refractivity contribution in [3.8, 4) is 0 Å². The highest BCUT2D eigenvalue weighted by molar-refractivity contribution is 7.85. The number of allylic oxidation sites excluding steroid dienone is 6. The van der Waals surface area contributed by atoms with Crippen LogP contribution in [0.2, 0.25) is 0 Å². The fraction of sp³-hybridized carbons (Fsp3) is 0.551. The van der Waals surface area contributed by atoms with E-state index >= 15 is 0 Å². The van der Waals surface area contributed by atoms with Crippen molar-refractivity contribution in [2.24, 2.45) is 0 Å². The van der Waals surface area contributed by atoms with Crippen LogP contribution in [-0.2, 0) is 25.7 Å². The van der Waals surface area contributed by atoms with Crippen LogP contribution in [0.1, 0.15) is 98.1 Å². The van der Waals surface area contributed by atoms with Gasteiger partial charge in [-0.25, -0.2) is 8.42 Å². The molecule has 0 spiro atoms. The lowest BCUT2D eigenvalue weighted by molar-refractivity contribution is -0.438. The number of aliphatic carboxylic acids is 1. The normalized spacial score (nSPS) is 19.3. The number of nitrogens with zero attached hydrogens (tertiary/aromatic N) is 2. The third-order valence-electron chi connectivity index (χ3n) is 12.9. The van der Waals surface area contributed by atoms with Crippen molar-refractivity contribution in [2.75, 3.05) is 50.0 Å². The molecule has 13 N–H and O–H groups in total. The zero-order chi connectivity index (χ0) is 53.0.